The van der Waals surface area contributed by atoms with E-state index < -0.39 is 0 Å². The normalized spacial score (nSPS) is 13.9. The molecule has 2 radical (unpaired) electrons. The molecule has 4 N–H and O–H groups in total. The fourth-order valence-corrected chi connectivity index (χ4v) is 0.455. The van der Waals surface area contributed by atoms with E-state index in [1.54, 1.807) is 6.54 Å². The Morgan fingerprint density at radius 3 is 2.62 bits per heavy atom. The highest BCUT2D eigenvalue weighted by atomic mass is 14.6. The lowest BCUT2D eigenvalue weighted by atomic mass is 10.1. The minimum Gasteiger partial charge on any atom is -0.328 e. The maximum absolute atomic E-state index is 5.52. The Balaban J connectivity index is 2.86. The Kier molecular flexibility index (Phi) is 5.01. The van der Waals surface area contributed by atoms with Gasteiger partial charge in [-0.05, 0) is 19.3 Å². The van der Waals surface area contributed by atoms with Gasteiger partial charge in [0.15, 0.2) is 0 Å². The Hall–Kier alpha value is -0.0800. The highest BCUT2D eigenvalue weighted by Gasteiger charge is 1.95. The van der Waals surface area contributed by atoms with Gasteiger partial charge >= 0.3 is 0 Å². The molecule has 0 aliphatic carbocycles. The smallest absolute Gasteiger partial charge is 0.0192 e. The van der Waals surface area contributed by atoms with Crippen molar-refractivity contribution in [2.24, 2.45) is 11.5 Å². The summed E-state index contributed by atoms with van der Waals surface area (Å²) in [5.41, 5.74) is 10.7. The Morgan fingerprint density at radius 1 is 1.62 bits per heavy atom. The molecule has 0 bridgehead atoms. The van der Waals surface area contributed by atoms with E-state index in [1.807, 2.05) is 0 Å². The molecule has 1 atom stereocenters. The average molecular weight is 114 g/mol. The van der Waals surface area contributed by atoms with Crippen LogP contribution in [0, 0.1) is 13.5 Å². The molecule has 0 aromatic carbocycles. The van der Waals surface area contributed by atoms with Crippen molar-refractivity contribution in [1.29, 1.82) is 0 Å². The van der Waals surface area contributed by atoms with Crippen molar-refractivity contribution in [3.8, 4) is 0 Å². The van der Waals surface area contributed by atoms with Gasteiger partial charge in [-0.2, -0.15) is 0 Å². The molecule has 0 rings (SSSR count). The van der Waals surface area contributed by atoms with Crippen LogP contribution in [-0.2, 0) is 0 Å². The molecule has 0 aromatic rings. The van der Waals surface area contributed by atoms with Crippen LogP contribution in [-0.4, -0.2) is 6.04 Å². The minimum absolute atomic E-state index is 0.231. The number of rotatable bonds is 4. The summed E-state index contributed by atoms with van der Waals surface area (Å²) in [5, 5.41) is 0. The molecule has 0 spiro atoms. The maximum atomic E-state index is 5.52. The zero-order valence-electron chi connectivity index (χ0n) is 5.14. The quantitative estimate of drug-likeness (QED) is 0.557. The van der Waals surface area contributed by atoms with Crippen molar-refractivity contribution in [2.45, 2.75) is 25.3 Å². The van der Waals surface area contributed by atoms with Crippen LogP contribution in [0.2, 0.25) is 0 Å². The monoisotopic (exact) mass is 114 g/mol. The molecule has 0 saturated heterocycles. The third-order valence-corrected chi connectivity index (χ3v) is 1.07. The second kappa shape index (κ2) is 5.06. The first-order valence-corrected chi connectivity index (χ1v) is 2.89. The molecular weight excluding hydrogens is 100 g/mol. The van der Waals surface area contributed by atoms with Crippen LogP contribution in [0.4, 0.5) is 0 Å². The van der Waals surface area contributed by atoms with Gasteiger partial charge in [0.2, 0.25) is 0 Å². The van der Waals surface area contributed by atoms with E-state index >= 15 is 0 Å². The molecule has 8 heavy (non-hydrogen) atoms. The van der Waals surface area contributed by atoms with Gasteiger partial charge in [-0.15, -0.1) is 0 Å². The predicted octanol–water partition coefficient (Wildman–Crippen LogP) is 0.439. The molecule has 0 fully saturated rings. The first-order chi connectivity index (χ1) is 3.81. The lowest BCUT2D eigenvalue weighted by molar-refractivity contribution is 0.613. The van der Waals surface area contributed by atoms with E-state index in [0.29, 0.717) is 0 Å². The second-order valence-electron chi connectivity index (χ2n) is 1.86. The summed E-state index contributed by atoms with van der Waals surface area (Å²) in [6.07, 6.45) is 2.66. The van der Waals surface area contributed by atoms with Gasteiger partial charge in [0.05, 0.1) is 0 Å². The van der Waals surface area contributed by atoms with Crippen LogP contribution < -0.4 is 11.5 Å². The van der Waals surface area contributed by atoms with E-state index in [9.17, 15) is 0 Å². The van der Waals surface area contributed by atoms with Crippen molar-refractivity contribution in [2.75, 3.05) is 0 Å². The fraction of sp³-hybridized carbons (Fsp3) is 0.667. The van der Waals surface area contributed by atoms with Gasteiger partial charge in [-0.1, -0.05) is 6.92 Å². The summed E-state index contributed by atoms with van der Waals surface area (Å²) in [6, 6.07) is 0.231. The van der Waals surface area contributed by atoms with Crippen LogP contribution >= 0.6 is 0 Å². The fourth-order valence-electron chi connectivity index (χ4n) is 0.455. The zero-order chi connectivity index (χ0) is 6.41. The van der Waals surface area contributed by atoms with Crippen LogP contribution in [0.25, 0.3) is 0 Å². The standard InChI is InChI=1S/C6H14N2/c1-2-6(8)4-3-5-7/h5-6H,1-4,7-8H2. The first kappa shape index (κ1) is 7.92. The van der Waals surface area contributed by atoms with Crippen molar-refractivity contribution in [3.63, 3.8) is 0 Å². The lowest BCUT2D eigenvalue weighted by Gasteiger charge is -2.04. The SMILES string of the molecule is [CH2]CC(N)CC[CH]N. The molecule has 0 aromatic heterocycles. The average Bonchev–Trinajstić information content (AvgIpc) is 1.83. The van der Waals surface area contributed by atoms with Gasteiger partial charge in [0.25, 0.3) is 0 Å². The van der Waals surface area contributed by atoms with Crippen LogP contribution in [0.5, 0.6) is 0 Å². The summed E-state index contributed by atoms with van der Waals surface area (Å²) < 4.78 is 0. The molecule has 0 aliphatic rings. The lowest BCUT2D eigenvalue weighted by Crippen LogP contribution is -2.18. The Bertz CT molecular complexity index is 45.8. The molecule has 0 heterocycles. The topological polar surface area (TPSA) is 52.0 Å². The zero-order valence-corrected chi connectivity index (χ0v) is 5.14. The molecule has 2 heteroatoms. The summed E-state index contributed by atoms with van der Waals surface area (Å²) in [7, 11) is 0. The van der Waals surface area contributed by atoms with Crippen LogP contribution in [0.1, 0.15) is 19.3 Å². The highest BCUT2D eigenvalue weighted by Crippen LogP contribution is 1.96. The summed E-state index contributed by atoms with van der Waals surface area (Å²) in [6.45, 7) is 5.29. The molecule has 0 saturated carbocycles. The van der Waals surface area contributed by atoms with Crippen molar-refractivity contribution >= 4 is 0 Å². The molecule has 48 valence electrons. The summed E-state index contributed by atoms with van der Waals surface area (Å²) in [5.74, 6) is 0. The molecule has 2 nitrogen and oxygen atoms in total. The van der Waals surface area contributed by atoms with Gasteiger partial charge in [0, 0.05) is 12.6 Å². The molecular formula is C6H14N2. The number of hydrogen-bond donors (Lipinski definition) is 2. The number of nitrogens with two attached hydrogens (primary N) is 2. The van der Waals surface area contributed by atoms with Gasteiger partial charge < -0.3 is 11.5 Å². The van der Waals surface area contributed by atoms with E-state index in [4.69, 9.17) is 11.5 Å². The summed E-state index contributed by atoms with van der Waals surface area (Å²) in [4.78, 5) is 0. The van der Waals surface area contributed by atoms with E-state index in [0.717, 1.165) is 19.3 Å². The third kappa shape index (κ3) is 4.09. The highest BCUT2D eigenvalue weighted by molar-refractivity contribution is 4.65. The molecule has 1 unspecified atom stereocenters. The van der Waals surface area contributed by atoms with E-state index in [-0.39, 0.29) is 6.04 Å². The van der Waals surface area contributed by atoms with E-state index in [1.165, 1.54) is 0 Å². The van der Waals surface area contributed by atoms with E-state index in [2.05, 4.69) is 6.92 Å². The maximum Gasteiger partial charge on any atom is 0.0192 e. The first-order valence-electron chi connectivity index (χ1n) is 2.89. The largest absolute Gasteiger partial charge is 0.328 e. The van der Waals surface area contributed by atoms with Gasteiger partial charge in [-0.3, -0.25) is 0 Å². The third-order valence-electron chi connectivity index (χ3n) is 1.07. The van der Waals surface area contributed by atoms with Gasteiger partial charge in [0.1, 0.15) is 0 Å². The van der Waals surface area contributed by atoms with Crippen molar-refractivity contribution < 1.29 is 0 Å². The molecule has 0 amide bonds. The molecule has 0 aliphatic heterocycles. The van der Waals surface area contributed by atoms with Crippen LogP contribution in [0.3, 0.4) is 0 Å². The summed E-state index contributed by atoms with van der Waals surface area (Å²) >= 11 is 0. The second-order valence-corrected chi connectivity index (χ2v) is 1.86. The Labute approximate surface area is 51.2 Å². The van der Waals surface area contributed by atoms with Gasteiger partial charge in [-0.25, -0.2) is 0 Å². The Morgan fingerprint density at radius 2 is 2.25 bits per heavy atom. The minimum atomic E-state index is 0.231. The van der Waals surface area contributed by atoms with Crippen LogP contribution in [0.15, 0.2) is 0 Å². The predicted molar refractivity (Wildman–Crippen MR) is 35.7 cm³/mol. The number of hydrogen-bond acceptors (Lipinski definition) is 2. The van der Waals surface area contributed by atoms with Crippen molar-refractivity contribution in [1.82, 2.24) is 0 Å². The van der Waals surface area contributed by atoms with Crippen molar-refractivity contribution in [3.05, 3.63) is 13.5 Å².